The largest absolute Gasteiger partial charge is 0.394 e. The zero-order chi connectivity index (χ0) is 22.1. The van der Waals surface area contributed by atoms with Crippen molar-refractivity contribution in [3.8, 4) is 6.07 Å². The van der Waals surface area contributed by atoms with E-state index in [-0.39, 0.29) is 0 Å². The molecule has 0 radical (unpaired) electrons. The lowest BCUT2D eigenvalue weighted by Gasteiger charge is -2.40. The van der Waals surface area contributed by atoms with Gasteiger partial charge in [0.15, 0.2) is 0 Å². The summed E-state index contributed by atoms with van der Waals surface area (Å²) >= 11 is 0. The van der Waals surface area contributed by atoms with E-state index in [0.29, 0.717) is 23.1 Å². The Morgan fingerprint density at radius 1 is 1.00 bits per heavy atom. The minimum atomic E-state index is -1.46. The van der Waals surface area contributed by atoms with Gasteiger partial charge in [0.2, 0.25) is 0 Å². The fraction of sp³-hybridized carbons (Fsp3) is 0.435. The number of nitrogens with zero attached hydrogens (tertiary/aromatic N) is 1. The van der Waals surface area contributed by atoms with Crippen molar-refractivity contribution in [2.75, 3.05) is 6.61 Å². The first-order valence-electron chi connectivity index (χ1n) is 9.81. The molecule has 1 aliphatic rings. The van der Waals surface area contributed by atoms with E-state index in [4.69, 9.17) is 4.74 Å². The second-order valence-corrected chi connectivity index (χ2v) is 8.21. The molecule has 5 atom stereocenters. The third kappa shape index (κ3) is 4.55. The van der Waals surface area contributed by atoms with Crippen LogP contribution in [0, 0.1) is 11.3 Å². The van der Waals surface area contributed by atoms with Crippen molar-refractivity contribution in [2.45, 2.75) is 56.4 Å². The molecule has 5 N–H and O–H groups in total. The zero-order valence-corrected chi connectivity index (χ0v) is 16.9. The van der Waals surface area contributed by atoms with Gasteiger partial charge in [-0.1, -0.05) is 36.4 Å². The van der Waals surface area contributed by atoms with Crippen molar-refractivity contribution in [1.82, 2.24) is 0 Å². The summed E-state index contributed by atoms with van der Waals surface area (Å²) in [5.74, 6) is 0. The van der Waals surface area contributed by atoms with Gasteiger partial charge in [-0.05, 0) is 48.6 Å². The number of hydrogen-bond acceptors (Lipinski definition) is 7. The van der Waals surface area contributed by atoms with Gasteiger partial charge in [-0.15, -0.1) is 0 Å². The molecule has 2 aromatic carbocycles. The second kappa shape index (κ2) is 8.82. The molecule has 0 saturated carbocycles. The first-order chi connectivity index (χ1) is 14.2. The Balaban J connectivity index is 1.90. The Hall–Kier alpha value is -2.31. The lowest BCUT2D eigenvalue weighted by Crippen LogP contribution is -2.55. The third-order valence-electron chi connectivity index (χ3n) is 5.53. The average Bonchev–Trinajstić information content (AvgIpc) is 2.72. The Morgan fingerprint density at radius 3 is 2.23 bits per heavy atom. The molecule has 1 saturated heterocycles. The standard InChI is InChI=1S/C23H27NO6/c1-23(2,29)17-7-3-13(4-8-17)9-16-10-14(5-6-15(16)11-24)22-21(28)20(27)19(26)18(12-25)30-22/h3-8,10,18-22,25-29H,9,12H2,1-2H3/t18-,19?,20?,21?,22+/m1/s1. The molecule has 0 amide bonds. The van der Waals surface area contributed by atoms with Crippen molar-refractivity contribution in [3.63, 3.8) is 0 Å². The van der Waals surface area contributed by atoms with Gasteiger partial charge in [-0.25, -0.2) is 0 Å². The van der Waals surface area contributed by atoms with Gasteiger partial charge in [0, 0.05) is 0 Å². The van der Waals surface area contributed by atoms with Crippen LogP contribution in [0.25, 0.3) is 0 Å². The van der Waals surface area contributed by atoms with Crippen molar-refractivity contribution in [1.29, 1.82) is 5.26 Å². The van der Waals surface area contributed by atoms with Crippen LogP contribution in [0.1, 0.15) is 47.8 Å². The van der Waals surface area contributed by atoms with E-state index >= 15 is 0 Å². The molecule has 7 nitrogen and oxygen atoms in total. The highest BCUT2D eigenvalue weighted by Gasteiger charge is 2.44. The van der Waals surface area contributed by atoms with Crippen molar-refractivity contribution in [2.24, 2.45) is 0 Å². The molecule has 3 rings (SSSR count). The number of aliphatic hydroxyl groups is 5. The van der Waals surface area contributed by atoms with Crippen LogP contribution in [0.15, 0.2) is 42.5 Å². The summed E-state index contributed by atoms with van der Waals surface area (Å²) in [7, 11) is 0. The monoisotopic (exact) mass is 413 g/mol. The van der Waals surface area contributed by atoms with Crippen LogP contribution in [-0.4, -0.2) is 56.6 Å². The topological polar surface area (TPSA) is 134 Å². The molecule has 0 aromatic heterocycles. The fourth-order valence-corrected chi connectivity index (χ4v) is 3.67. The molecule has 1 heterocycles. The number of rotatable bonds is 5. The molecule has 7 heteroatoms. The third-order valence-corrected chi connectivity index (χ3v) is 5.53. The van der Waals surface area contributed by atoms with Crippen LogP contribution in [-0.2, 0) is 16.8 Å². The minimum absolute atomic E-state index is 0.445. The lowest BCUT2D eigenvalue weighted by atomic mass is 9.88. The maximum Gasteiger partial charge on any atom is 0.113 e. The lowest BCUT2D eigenvalue weighted by molar-refractivity contribution is -0.231. The van der Waals surface area contributed by atoms with E-state index in [0.717, 1.165) is 11.1 Å². The highest BCUT2D eigenvalue weighted by Crippen LogP contribution is 2.33. The zero-order valence-electron chi connectivity index (χ0n) is 16.9. The maximum atomic E-state index is 10.4. The van der Waals surface area contributed by atoms with E-state index < -0.39 is 42.7 Å². The van der Waals surface area contributed by atoms with E-state index in [9.17, 15) is 30.8 Å². The summed E-state index contributed by atoms with van der Waals surface area (Å²) < 4.78 is 5.63. The summed E-state index contributed by atoms with van der Waals surface area (Å²) in [4.78, 5) is 0. The Bertz CT molecular complexity index is 913. The molecule has 3 unspecified atom stereocenters. The molecular formula is C23H27NO6. The SMILES string of the molecule is CC(C)(O)c1ccc(Cc2cc([C@@H]3O[C@H](CO)C(O)C(O)C3O)ccc2C#N)cc1. The first kappa shape index (κ1) is 22.4. The van der Waals surface area contributed by atoms with Crippen LogP contribution in [0.5, 0.6) is 0 Å². The minimum Gasteiger partial charge on any atom is -0.394 e. The predicted molar refractivity (Wildman–Crippen MR) is 108 cm³/mol. The van der Waals surface area contributed by atoms with Crippen LogP contribution >= 0.6 is 0 Å². The average molecular weight is 413 g/mol. The summed E-state index contributed by atoms with van der Waals surface area (Å²) in [5, 5.41) is 59.4. The summed E-state index contributed by atoms with van der Waals surface area (Å²) in [6, 6.07) is 14.6. The highest BCUT2D eigenvalue weighted by molar-refractivity contribution is 5.44. The maximum absolute atomic E-state index is 10.4. The highest BCUT2D eigenvalue weighted by atomic mass is 16.5. The molecule has 30 heavy (non-hydrogen) atoms. The van der Waals surface area contributed by atoms with Gasteiger partial charge in [0.1, 0.15) is 30.5 Å². The normalized spacial score (nSPS) is 26.9. The summed E-state index contributed by atoms with van der Waals surface area (Å²) in [6.07, 6.45) is -5.77. The summed E-state index contributed by atoms with van der Waals surface area (Å²) in [5.41, 5.74) is 2.48. The van der Waals surface area contributed by atoms with Gasteiger partial charge in [0.25, 0.3) is 0 Å². The van der Waals surface area contributed by atoms with Crippen LogP contribution in [0.4, 0.5) is 0 Å². The van der Waals surface area contributed by atoms with E-state index in [1.807, 2.05) is 24.3 Å². The molecule has 1 aliphatic heterocycles. The smallest absolute Gasteiger partial charge is 0.113 e. The molecule has 2 aromatic rings. The van der Waals surface area contributed by atoms with Gasteiger partial charge >= 0.3 is 0 Å². The van der Waals surface area contributed by atoms with Gasteiger partial charge < -0.3 is 30.3 Å². The number of nitriles is 1. The Morgan fingerprint density at radius 2 is 1.67 bits per heavy atom. The second-order valence-electron chi connectivity index (χ2n) is 8.21. The molecule has 0 spiro atoms. The van der Waals surface area contributed by atoms with Crippen LogP contribution < -0.4 is 0 Å². The van der Waals surface area contributed by atoms with Gasteiger partial charge in [-0.3, -0.25) is 0 Å². The number of benzene rings is 2. The number of aliphatic hydroxyl groups excluding tert-OH is 4. The van der Waals surface area contributed by atoms with E-state index in [2.05, 4.69) is 6.07 Å². The molecular weight excluding hydrogens is 386 g/mol. The van der Waals surface area contributed by atoms with Gasteiger partial charge in [0.05, 0.1) is 23.8 Å². The quantitative estimate of drug-likeness (QED) is 0.491. The molecule has 0 aliphatic carbocycles. The van der Waals surface area contributed by atoms with E-state index in [1.54, 1.807) is 32.0 Å². The van der Waals surface area contributed by atoms with Gasteiger partial charge in [-0.2, -0.15) is 5.26 Å². The first-order valence-corrected chi connectivity index (χ1v) is 9.81. The number of hydrogen-bond donors (Lipinski definition) is 5. The van der Waals surface area contributed by atoms with Crippen molar-refractivity contribution >= 4 is 0 Å². The molecule has 1 fully saturated rings. The number of ether oxygens (including phenoxy) is 1. The summed E-state index contributed by atoms with van der Waals surface area (Å²) in [6.45, 7) is 2.91. The Kier molecular flexibility index (Phi) is 6.58. The van der Waals surface area contributed by atoms with E-state index in [1.165, 1.54) is 0 Å². The fourth-order valence-electron chi connectivity index (χ4n) is 3.67. The molecule has 160 valence electrons. The van der Waals surface area contributed by atoms with Crippen LogP contribution in [0.3, 0.4) is 0 Å². The van der Waals surface area contributed by atoms with Crippen molar-refractivity contribution in [3.05, 3.63) is 70.3 Å². The molecule has 0 bridgehead atoms. The predicted octanol–water partition coefficient (Wildman–Crippen LogP) is 0.891. The van der Waals surface area contributed by atoms with Crippen molar-refractivity contribution < 1.29 is 30.3 Å². The Labute approximate surface area is 175 Å². The van der Waals surface area contributed by atoms with Crippen LogP contribution in [0.2, 0.25) is 0 Å².